The summed E-state index contributed by atoms with van der Waals surface area (Å²) in [6.45, 7) is 3.47. The van der Waals surface area contributed by atoms with Crippen molar-refractivity contribution in [2.75, 3.05) is 13.2 Å². The van der Waals surface area contributed by atoms with Crippen LogP contribution in [0.3, 0.4) is 0 Å². The largest absolute Gasteiger partial charge is 0.302 e. The molecule has 0 bridgehead atoms. The van der Waals surface area contributed by atoms with E-state index in [1.807, 2.05) is 31.2 Å². The number of rotatable bonds is 2. The average molecular weight is 190 g/mol. The lowest BCUT2D eigenvalue weighted by Crippen LogP contribution is -2.33. The van der Waals surface area contributed by atoms with E-state index in [1.54, 1.807) is 0 Å². The monoisotopic (exact) mass is 190 g/mol. The van der Waals surface area contributed by atoms with Gasteiger partial charge in [0.15, 0.2) is 5.78 Å². The maximum Gasteiger partial charge on any atom is 0.181 e. The van der Waals surface area contributed by atoms with E-state index in [4.69, 9.17) is 0 Å². The SMILES string of the molecule is Cc1ccc(C(=O)C2CNCN2)cc1. The van der Waals surface area contributed by atoms with E-state index < -0.39 is 0 Å². The number of nitrogens with one attached hydrogen (secondary N) is 2. The number of hydrogen-bond acceptors (Lipinski definition) is 3. The second kappa shape index (κ2) is 3.90. The summed E-state index contributed by atoms with van der Waals surface area (Å²) in [6.07, 6.45) is 0. The second-order valence-corrected chi connectivity index (χ2v) is 3.62. The highest BCUT2D eigenvalue weighted by Gasteiger charge is 2.22. The van der Waals surface area contributed by atoms with Crippen LogP contribution in [0.15, 0.2) is 24.3 Å². The first-order valence-electron chi connectivity index (χ1n) is 4.82. The molecule has 1 aromatic carbocycles. The molecule has 1 fully saturated rings. The number of benzene rings is 1. The summed E-state index contributed by atoms with van der Waals surface area (Å²) in [7, 11) is 0. The highest BCUT2D eigenvalue weighted by Crippen LogP contribution is 2.07. The standard InChI is InChI=1S/C11H14N2O/c1-8-2-4-9(5-3-8)11(14)10-6-12-7-13-10/h2-5,10,12-13H,6-7H2,1H3. The van der Waals surface area contributed by atoms with Crippen molar-refractivity contribution in [1.29, 1.82) is 0 Å². The highest BCUT2D eigenvalue weighted by molar-refractivity contribution is 6.00. The van der Waals surface area contributed by atoms with E-state index in [0.717, 1.165) is 18.8 Å². The van der Waals surface area contributed by atoms with Gasteiger partial charge >= 0.3 is 0 Å². The van der Waals surface area contributed by atoms with Gasteiger partial charge < -0.3 is 5.32 Å². The van der Waals surface area contributed by atoms with Crippen molar-refractivity contribution in [3.63, 3.8) is 0 Å². The Hall–Kier alpha value is -1.19. The maximum atomic E-state index is 11.9. The van der Waals surface area contributed by atoms with Crippen LogP contribution >= 0.6 is 0 Å². The molecule has 1 unspecified atom stereocenters. The summed E-state index contributed by atoms with van der Waals surface area (Å²) in [5.74, 6) is 0.176. The van der Waals surface area contributed by atoms with Crippen LogP contribution in [0.25, 0.3) is 0 Å². The molecule has 2 rings (SSSR count). The Balaban J connectivity index is 2.14. The Labute approximate surface area is 83.5 Å². The Bertz CT molecular complexity index is 326. The molecule has 1 atom stereocenters. The Morgan fingerprint density at radius 2 is 2.07 bits per heavy atom. The molecule has 0 aliphatic carbocycles. The molecule has 1 aromatic rings. The number of aryl methyl sites for hydroxylation is 1. The van der Waals surface area contributed by atoms with Crippen LogP contribution in [0.2, 0.25) is 0 Å². The van der Waals surface area contributed by atoms with Gasteiger partial charge in [0, 0.05) is 18.8 Å². The van der Waals surface area contributed by atoms with Gasteiger partial charge in [-0.05, 0) is 6.92 Å². The van der Waals surface area contributed by atoms with Gasteiger partial charge in [-0.15, -0.1) is 0 Å². The predicted octanol–water partition coefficient (Wildman–Crippen LogP) is 0.697. The van der Waals surface area contributed by atoms with Crippen LogP contribution < -0.4 is 10.6 Å². The van der Waals surface area contributed by atoms with Crippen molar-refractivity contribution in [1.82, 2.24) is 10.6 Å². The molecule has 1 heterocycles. The molecular weight excluding hydrogens is 176 g/mol. The van der Waals surface area contributed by atoms with Crippen LogP contribution in [0.4, 0.5) is 0 Å². The number of Topliss-reactive ketones (excluding diaryl/α,β-unsaturated/α-hetero) is 1. The Morgan fingerprint density at radius 3 is 2.64 bits per heavy atom. The number of hydrogen-bond donors (Lipinski definition) is 2. The van der Waals surface area contributed by atoms with Gasteiger partial charge in [-0.1, -0.05) is 29.8 Å². The zero-order valence-electron chi connectivity index (χ0n) is 8.21. The van der Waals surface area contributed by atoms with Gasteiger partial charge in [-0.25, -0.2) is 0 Å². The van der Waals surface area contributed by atoms with E-state index in [2.05, 4.69) is 10.6 Å². The maximum absolute atomic E-state index is 11.9. The van der Waals surface area contributed by atoms with Gasteiger partial charge in [0.2, 0.25) is 0 Å². The van der Waals surface area contributed by atoms with Crippen molar-refractivity contribution in [3.05, 3.63) is 35.4 Å². The molecule has 1 aliphatic heterocycles. The first kappa shape index (κ1) is 9.37. The smallest absolute Gasteiger partial charge is 0.181 e. The summed E-state index contributed by atoms with van der Waals surface area (Å²) < 4.78 is 0. The Morgan fingerprint density at radius 1 is 1.36 bits per heavy atom. The third-order valence-corrected chi connectivity index (χ3v) is 2.47. The molecule has 2 N–H and O–H groups in total. The van der Waals surface area contributed by atoms with Gasteiger partial charge in [0.25, 0.3) is 0 Å². The quantitative estimate of drug-likeness (QED) is 0.674. The fourth-order valence-electron chi connectivity index (χ4n) is 1.59. The first-order valence-corrected chi connectivity index (χ1v) is 4.82. The molecule has 1 aliphatic rings. The molecule has 0 radical (unpaired) electrons. The number of carbonyl (C=O) groups excluding carboxylic acids is 1. The zero-order chi connectivity index (χ0) is 9.97. The minimum absolute atomic E-state index is 0.0577. The average Bonchev–Trinajstić information content (AvgIpc) is 2.71. The summed E-state index contributed by atoms with van der Waals surface area (Å²) in [4.78, 5) is 11.9. The van der Waals surface area contributed by atoms with Crippen molar-refractivity contribution in [2.45, 2.75) is 13.0 Å². The van der Waals surface area contributed by atoms with Crippen LogP contribution in [-0.4, -0.2) is 25.0 Å². The zero-order valence-corrected chi connectivity index (χ0v) is 8.21. The van der Waals surface area contributed by atoms with E-state index >= 15 is 0 Å². The van der Waals surface area contributed by atoms with E-state index in [9.17, 15) is 4.79 Å². The summed E-state index contributed by atoms with van der Waals surface area (Å²) in [5.41, 5.74) is 1.97. The minimum Gasteiger partial charge on any atom is -0.302 e. The van der Waals surface area contributed by atoms with Crippen molar-refractivity contribution in [2.24, 2.45) is 0 Å². The van der Waals surface area contributed by atoms with Crippen molar-refractivity contribution < 1.29 is 4.79 Å². The third kappa shape index (κ3) is 1.84. The van der Waals surface area contributed by atoms with Gasteiger partial charge in [-0.3, -0.25) is 10.1 Å². The van der Waals surface area contributed by atoms with Crippen LogP contribution in [0, 0.1) is 6.92 Å². The first-order chi connectivity index (χ1) is 6.77. The number of ketones is 1. The Kier molecular flexibility index (Phi) is 2.61. The van der Waals surface area contributed by atoms with Gasteiger partial charge in [0.05, 0.1) is 6.04 Å². The fraction of sp³-hybridized carbons (Fsp3) is 0.364. The topological polar surface area (TPSA) is 41.1 Å². The van der Waals surface area contributed by atoms with Crippen LogP contribution in [-0.2, 0) is 0 Å². The number of carbonyl (C=O) groups is 1. The molecule has 1 saturated heterocycles. The van der Waals surface area contributed by atoms with Gasteiger partial charge in [-0.2, -0.15) is 0 Å². The van der Waals surface area contributed by atoms with E-state index in [0.29, 0.717) is 0 Å². The van der Waals surface area contributed by atoms with E-state index in [1.165, 1.54) is 5.56 Å². The molecule has 0 saturated carbocycles. The van der Waals surface area contributed by atoms with Crippen LogP contribution in [0.5, 0.6) is 0 Å². The molecular formula is C11H14N2O. The highest BCUT2D eigenvalue weighted by atomic mass is 16.1. The molecule has 3 heteroatoms. The normalized spacial score (nSPS) is 21.1. The summed E-state index contributed by atoms with van der Waals surface area (Å²) in [6, 6.07) is 7.65. The molecule has 3 nitrogen and oxygen atoms in total. The minimum atomic E-state index is -0.0577. The lowest BCUT2D eigenvalue weighted by atomic mass is 10.0. The predicted molar refractivity (Wildman–Crippen MR) is 55.3 cm³/mol. The van der Waals surface area contributed by atoms with Crippen molar-refractivity contribution in [3.8, 4) is 0 Å². The lowest BCUT2D eigenvalue weighted by Gasteiger charge is -2.07. The van der Waals surface area contributed by atoms with Gasteiger partial charge in [0.1, 0.15) is 0 Å². The molecule has 0 spiro atoms. The molecule has 0 amide bonds. The lowest BCUT2D eigenvalue weighted by molar-refractivity contribution is 0.0957. The van der Waals surface area contributed by atoms with Crippen LogP contribution in [0.1, 0.15) is 15.9 Å². The molecule has 14 heavy (non-hydrogen) atoms. The fourth-order valence-corrected chi connectivity index (χ4v) is 1.59. The van der Waals surface area contributed by atoms with Crippen molar-refractivity contribution >= 4 is 5.78 Å². The third-order valence-electron chi connectivity index (χ3n) is 2.47. The molecule has 74 valence electrons. The summed E-state index contributed by atoms with van der Waals surface area (Å²) >= 11 is 0. The van der Waals surface area contributed by atoms with E-state index in [-0.39, 0.29) is 11.8 Å². The summed E-state index contributed by atoms with van der Waals surface area (Å²) in [5, 5.41) is 6.21. The second-order valence-electron chi connectivity index (χ2n) is 3.62. The molecule has 0 aromatic heterocycles.